The fraction of sp³-hybridized carbons (Fsp3) is 0.194. The average Bonchev–Trinajstić information content (AvgIpc) is 3.91. The van der Waals surface area contributed by atoms with Crippen LogP contribution in [0.1, 0.15) is 104 Å². The molecule has 6 aliphatic rings. The predicted octanol–water partition coefficient (Wildman–Crippen LogP) is 17.3. The zero-order valence-electron chi connectivity index (χ0n) is 39.7. The molecule has 0 saturated carbocycles. The molecular weight excluding hydrogens is 819 g/mol. The lowest BCUT2D eigenvalue weighted by molar-refractivity contribution is 0.607. The quantitative estimate of drug-likeness (QED) is 0.154. The van der Waals surface area contributed by atoms with Gasteiger partial charge in [-0.1, -0.05) is 203 Å². The Bertz CT molecular complexity index is 3380. The molecule has 0 heterocycles. The van der Waals surface area contributed by atoms with E-state index in [1.807, 2.05) is 0 Å². The Morgan fingerprint density at radius 2 is 1.09 bits per heavy atom. The van der Waals surface area contributed by atoms with Gasteiger partial charge in [0.1, 0.15) is 0 Å². The van der Waals surface area contributed by atoms with Crippen molar-refractivity contribution < 1.29 is 0 Å². The summed E-state index contributed by atoms with van der Waals surface area (Å²) in [6.45, 7) is 9.64. The van der Waals surface area contributed by atoms with E-state index in [1.165, 1.54) is 106 Å². The van der Waals surface area contributed by atoms with Gasteiger partial charge in [0.15, 0.2) is 0 Å². The molecule has 6 aliphatic carbocycles. The molecule has 0 aromatic heterocycles. The number of nitrogens with zero attached hydrogens (tertiary/aromatic N) is 1. The lowest BCUT2D eigenvalue weighted by atomic mass is 9.67. The third-order valence-corrected chi connectivity index (χ3v) is 16.7. The van der Waals surface area contributed by atoms with Gasteiger partial charge < -0.3 is 4.90 Å². The summed E-state index contributed by atoms with van der Waals surface area (Å²) >= 11 is 0. The Hall–Kier alpha value is -7.22. The zero-order valence-corrected chi connectivity index (χ0v) is 39.7. The molecule has 0 N–H and O–H groups in total. The summed E-state index contributed by atoms with van der Waals surface area (Å²) in [6.07, 6.45) is 24.7. The number of hydrogen-bond donors (Lipinski definition) is 0. The van der Waals surface area contributed by atoms with Gasteiger partial charge in [0, 0.05) is 33.8 Å². The van der Waals surface area contributed by atoms with Crippen LogP contribution in [-0.2, 0) is 16.2 Å². The van der Waals surface area contributed by atoms with Crippen molar-refractivity contribution in [2.24, 2.45) is 5.92 Å². The molecule has 330 valence electrons. The molecule has 0 amide bonds. The van der Waals surface area contributed by atoms with E-state index in [9.17, 15) is 0 Å². The highest BCUT2D eigenvalue weighted by atomic mass is 15.1. The summed E-state index contributed by atoms with van der Waals surface area (Å²) < 4.78 is 0. The van der Waals surface area contributed by atoms with Crippen LogP contribution in [0.5, 0.6) is 0 Å². The van der Waals surface area contributed by atoms with Crippen LogP contribution in [0, 0.1) is 5.92 Å². The van der Waals surface area contributed by atoms with Crippen LogP contribution in [0.15, 0.2) is 223 Å². The van der Waals surface area contributed by atoms with E-state index in [0.29, 0.717) is 5.92 Å². The molecule has 7 aromatic carbocycles. The maximum absolute atomic E-state index is 2.56. The first-order valence-electron chi connectivity index (χ1n) is 25.0. The lowest BCUT2D eigenvalue weighted by Gasteiger charge is -2.35. The number of anilines is 2. The van der Waals surface area contributed by atoms with Crippen molar-refractivity contribution in [2.75, 3.05) is 4.90 Å². The number of benzene rings is 7. The van der Waals surface area contributed by atoms with Crippen LogP contribution in [0.2, 0.25) is 0 Å². The molecule has 68 heavy (non-hydrogen) atoms. The summed E-state index contributed by atoms with van der Waals surface area (Å²) in [6, 6.07) is 60.7. The number of allylic oxidation sites excluding steroid dienone is 11. The fourth-order valence-corrected chi connectivity index (χ4v) is 13.3. The Balaban J connectivity index is 1.02. The van der Waals surface area contributed by atoms with Gasteiger partial charge in [-0.15, -0.1) is 0 Å². The van der Waals surface area contributed by atoms with Gasteiger partial charge in [-0.25, -0.2) is 0 Å². The molecule has 1 heteroatoms. The molecule has 0 radical (unpaired) electrons. The normalized spacial score (nSPS) is 19.3. The van der Waals surface area contributed by atoms with Crippen LogP contribution in [-0.4, -0.2) is 0 Å². The third kappa shape index (κ3) is 5.94. The molecule has 0 aliphatic heterocycles. The number of fused-ring (bicyclic) bond motifs is 8. The molecular formula is C67H57N. The lowest BCUT2D eigenvalue weighted by Crippen LogP contribution is -2.29. The van der Waals surface area contributed by atoms with Crippen LogP contribution >= 0.6 is 0 Å². The predicted molar refractivity (Wildman–Crippen MR) is 285 cm³/mol. The van der Waals surface area contributed by atoms with Crippen molar-refractivity contribution in [3.05, 3.63) is 268 Å². The second-order valence-corrected chi connectivity index (χ2v) is 20.9. The summed E-state index contributed by atoms with van der Waals surface area (Å²) in [4.78, 5) is 2.55. The van der Waals surface area contributed by atoms with Gasteiger partial charge in [-0.05, 0) is 158 Å². The van der Waals surface area contributed by atoms with Gasteiger partial charge in [-0.2, -0.15) is 0 Å². The fourth-order valence-electron chi connectivity index (χ4n) is 13.3. The van der Waals surface area contributed by atoms with Gasteiger partial charge in [0.2, 0.25) is 0 Å². The highest BCUT2D eigenvalue weighted by Crippen LogP contribution is 2.60. The van der Waals surface area contributed by atoms with Crippen molar-refractivity contribution >= 4 is 16.9 Å². The van der Waals surface area contributed by atoms with E-state index in [4.69, 9.17) is 0 Å². The standard InChI is InChI=1S/C67H57N/c1-65(2)59-29-17-15-26-57(59)64-52(27-18-30-60(64)65)46-33-38-55-56-40-37-51(43-63(56)67(62(55)41-46,47-21-10-6-11-22-47)48-23-12-7-13-24-48)68(49-34-31-45(32-35-49)44-19-8-5-9-20-44)50-36-39-54-53-25-14-16-28-58(53)66(3,4)61(54)42-50/h6-8,10-16,18-28,30-31,33-43,45H,5,9,17,29,32H2,1-4H3. The third-order valence-electron chi connectivity index (χ3n) is 16.7. The molecule has 1 unspecified atom stereocenters. The second-order valence-electron chi connectivity index (χ2n) is 20.9. The largest absolute Gasteiger partial charge is 0.311 e. The smallest absolute Gasteiger partial charge is 0.0714 e. The van der Waals surface area contributed by atoms with Gasteiger partial charge in [0.05, 0.1) is 5.41 Å². The van der Waals surface area contributed by atoms with E-state index in [2.05, 4.69) is 239 Å². The van der Waals surface area contributed by atoms with E-state index >= 15 is 0 Å². The second kappa shape index (κ2) is 15.4. The molecule has 0 bridgehead atoms. The molecule has 13 rings (SSSR count). The topological polar surface area (TPSA) is 3.24 Å². The molecule has 1 atom stereocenters. The SMILES string of the molecule is CC1(C)C2=C(C=CCC2)c2c(-c3ccc4c(c3)C(c3ccccc3)(c3ccccc3)c3cc(N(C5=CCC(C6=CCCC=C6)C=C5)c5ccc6c(c5)C(C)(C)c5ccccc5-6)ccc3-4)cccc21. The number of rotatable bonds is 7. The summed E-state index contributed by atoms with van der Waals surface area (Å²) in [5.41, 5.74) is 26.0. The monoisotopic (exact) mass is 875 g/mol. The molecule has 0 spiro atoms. The minimum Gasteiger partial charge on any atom is -0.311 e. The van der Waals surface area contributed by atoms with Gasteiger partial charge in [-0.3, -0.25) is 0 Å². The van der Waals surface area contributed by atoms with Crippen LogP contribution in [0.4, 0.5) is 11.4 Å². The molecule has 7 aromatic rings. The Kier molecular flexibility index (Phi) is 9.29. The van der Waals surface area contributed by atoms with E-state index in [1.54, 1.807) is 5.57 Å². The summed E-state index contributed by atoms with van der Waals surface area (Å²) in [5.74, 6) is 0.382. The van der Waals surface area contributed by atoms with Crippen LogP contribution < -0.4 is 4.90 Å². The highest BCUT2D eigenvalue weighted by molar-refractivity contribution is 5.97. The molecule has 1 nitrogen and oxygen atoms in total. The van der Waals surface area contributed by atoms with E-state index in [0.717, 1.165) is 32.1 Å². The minimum atomic E-state index is -0.583. The van der Waals surface area contributed by atoms with Gasteiger partial charge >= 0.3 is 0 Å². The van der Waals surface area contributed by atoms with E-state index in [-0.39, 0.29) is 10.8 Å². The molecule has 0 saturated heterocycles. The van der Waals surface area contributed by atoms with Crippen molar-refractivity contribution in [1.82, 2.24) is 0 Å². The zero-order chi connectivity index (χ0) is 45.8. The average molecular weight is 876 g/mol. The van der Waals surface area contributed by atoms with E-state index < -0.39 is 5.41 Å². The van der Waals surface area contributed by atoms with Gasteiger partial charge in [0.25, 0.3) is 0 Å². The minimum absolute atomic E-state index is 0.00511. The first-order chi connectivity index (χ1) is 33.2. The van der Waals surface area contributed by atoms with Crippen molar-refractivity contribution in [1.29, 1.82) is 0 Å². The highest BCUT2D eigenvalue weighted by Gasteiger charge is 2.47. The Morgan fingerprint density at radius 3 is 1.79 bits per heavy atom. The maximum Gasteiger partial charge on any atom is 0.0714 e. The maximum atomic E-state index is 2.56. The van der Waals surface area contributed by atoms with Crippen LogP contribution in [0.25, 0.3) is 39.0 Å². The van der Waals surface area contributed by atoms with Crippen molar-refractivity contribution in [3.63, 3.8) is 0 Å². The van der Waals surface area contributed by atoms with Crippen molar-refractivity contribution in [2.45, 2.75) is 76.0 Å². The Morgan fingerprint density at radius 1 is 0.471 bits per heavy atom. The van der Waals surface area contributed by atoms with Crippen LogP contribution in [0.3, 0.4) is 0 Å². The first kappa shape index (κ1) is 41.0. The molecule has 0 fully saturated rings. The summed E-state index contributed by atoms with van der Waals surface area (Å²) in [5, 5.41) is 0. The number of hydrogen-bond acceptors (Lipinski definition) is 1. The van der Waals surface area contributed by atoms with Crippen molar-refractivity contribution in [3.8, 4) is 33.4 Å². The Labute approximate surface area is 402 Å². The first-order valence-corrected chi connectivity index (χ1v) is 25.0. The summed E-state index contributed by atoms with van der Waals surface area (Å²) in [7, 11) is 0.